The van der Waals surface area contributed by atoms with Crippen LogP contribution >= 0.6 is 0 Å². The molecule has 1 nitrogen and oxygen atoms in total. The maximum absolute atomic E-state index is 2.60. The zero-order chi connectivity index (χ0) is 15.1. The van der Waals surface area contributed by atoms with E-state index in [1.54, 1.807) is 0 Å². The van der Waals surface area contributed by atoms with Crippen molar-refractivity contribution in [3.63, 3.8) is 0 Å². The Bertz CT molecular complexity index is 504. The van der Waals surface area contributed by atoms with Gasteiger partial charge in [-0.25, -0.2) is 0 Å². The van der Waals surface area contributed by atoms with E-state index >= 15 is 0 Å². The van der Waals surface area contributed by atoms with E-state index in [4.69, 9.17) is 0 Å². The summed E-state index contributed by atoms with van der Waals surface area (Å²) < 4.78 is 0. The van der Waals surface area contributed by atoms with Gasteiger partial charge in [-0.05, 0) is 30.0 Å². The number of likely N-dealkylation sites (N-methyl/N-ethyl adjacent to an activating group) is 1. The van der Waals surface area contributed by atoms with Crippen molar-refractivity contribution < 1.29 is 0 Å². The van der Waals surface area contributed by atoms with Gasteiger partial charge in [0.2, 0.25) is 0 Å². The van der Waals surface area contributed by atoms with Crippen molar-refractivity contribution in [2.75, 3.05) is 13.1 Å². The highest BCUT2D eigenvalue weighted by atomic mass is 15.1. The van der Waals surface area contributed by atoms with E-state index in [2.05, 4.69) is 86.3 Å². The zero-order valence-electron chi connectivity index (χ0n) is 13.5. The molecule has 0 aromatic heterocycles. The number of rotatable bonds is 7. The smallest absolute Gasteiger partial charge is 0.0388 e. The van der Waals surface area contributed by atoms with Crippen LogP contribution in [-0.4, -0.2) is 18.0 Å². The standard InChI is InChI=1S/C20H27N/c1-4-21(16-17(2)3)20(19-13-9-6-10-14-19)15-18-11-7-5-8-12-18/h5-14,17,20H,4,15-16H2,1-3H3. The summed E-state index contributed by atoms with van der Waals surface area (Å²) in [6, 6.07) is 22.2. The van der Waals surface area contributed by atoms with Gasteiger partial charge in [-0.1, -0.05) is 81.4 Å². The van der Waals surface area contributed by atoms with Crippen LogP contribution in [0.15, 0.2) is 60.7 Å². The second kappa shape index (κ2) is 7.99. The molecule has 2 aromatic rings. The predicted octanol–water partition coefficient (Wildman–Crippen LogP) is 4.95. The SMILES string of the molecule is CCN(CC(C)C)C(Cc1ccccc1)c1ccccc1. The lowest BCUT2D eigenvalue weighted by Gasteiger charge is -2.32. The highest BCUT2D eigenvalue weighted by Gasteiger charge is 2.20. The Kier molecular flexibility index (Phi) is 6.01. The summed E-state index contributed by atoms with van der Waals surface area (Å²) in [6.45, 7) is 9.09. The molecule has 0 heterocycles. The fourth-order valence-corrected chi connectivity index (χ4v) is 2.92. The fourth-order valence-electron chi connectivity index (χ4n) is 2.92. The van der Waals surface area contributed by atoms with E-state index in [1.807, 2.05) is 0 Å². The van der Waals surface area contributed by atoms with E-state index in [0.717, 1.165) is 19.5 Å². The average molecular weight is 281 g/mol. The molecule has 0 aliphatic heterocycles. The van der Waals surface area contributed by atoms with Crippen LogP contribution in [0.2, 0.25) is 0 Å². The molecule has 0 radical (unpaired) electrons. The van der Waals surface area contributed by atoms with Crippen LogP contribution in [-0.2, 0) is 6.42 Å². The van der Waals surface area contributed by atoms with Crippen molar-refractivity contribution in [2.45, 2.75) is 33.2 Å². The molecule has 1 atom stereocenters. The molecule has 0 saturated heterocycles. The van der Waals surface area contributed by atoms with Crippen molar-refractivity contribution in [1.82, 2.24) is 4.90 Å². The van der Waals surface area contributed by atoms with Gasteiger partial charge >= 0.3 is 0 Å². The summed E-state index contributed by atoms with van der Waals surface area (Å²) in [5, 5.41) is 0. The second-order valence-corrected chi connectivity index (χ2v) is 6.10. The summed E-state index contributed by atoms with van der Waals surface area (Å²) >= 11 is 0. The van der Waals surface area contributed by atoms with Gasteiger partial charge in [0.1, 0.15) is 0 Å². The first-order valence-electron chi connectivity index (χ1n) is 8.03. The normalized spacial score (nSPS) is 12.8. The molecule has 112 valence electrons. The molecule has 0 bridgehead atoms. The summed E-state index contributed by atoms with van der Waals surface area (Å²) in [6.07, 6.45) is 1.07. The first kappa shape index (κ1) is 15.8. The Morgan fingerprint density at radius 2 is 1.43 bits per heavy atom. The van der Waals surface area contributed by atoms with E-state index < -0.39 is 0 Å². The number of hydrogen-bond acceptors (Lipinski definition) is 1. The minimum Gasteiger partial charge on any atom is -0.296 e. The molecule has 1 heteroatoms. The minimum absolute atomic E-state index is 0.459. The van der Waals surface area contributed by atoms with Crippen molar-refractivity contribution in [3.8, 4) is 0 Å². The third-order valence-corrected chi connectivity index (χ3v) is 3.90. The quantitative estimate of drug-likeness (QED) is 0.694. The molecule has 1 unspecified atom stereocenters. The van der Waals surface area contributed by atoms with Crippen molar-refractivity contribution >= 4 is 0 Å². The summed E-state index contributed by atoms with van der Waals surface area (Å²) in [7, 11) is 0. The maximum Gasteiger partial charge on any atom is 0.0388 e. The van der Waals surface area contributed by atoms with Crippen LogP contribution in [0.3, 0.4) is 0 Å². The van der Waals surface area contributed by atoms with Crippen LogP contribution in [0.25, 0.3) is 0 Å². The Labute approximate surface area is 129 Å². The van der Waals surface area contributed by atoms with Crippen LogP contribution < -0.4 is 0 Å². The predicted molar refractivity (Wildman–Crippen MR) is 91.4 cm³/mol. The van der Waals surface area contributed by atoms with Gasteiger partial charge in [0, 0.05) is 12.6 Å². The molecule has 0 aliphatic carbocycles. The molecular formula is C20H27N. The van der Waals surface area contributed by atoms with Crippen LogP contribution in [0.1, 0.15) is 37.9 Å². The molecule has 0 amide bonds. The van der Waals surface area contributed by atoms with E-state index in [-0.39, 0.29) is 0 Å². The van der Waals surface area contributed by atoms with E-state index in [1.165, 1.54) is 11.1 Å². The number of benzene rings is 2. The van der Waals surface area contributed by atoms with Crippen molar-refractivity contribution in [2.24, 2.45) is 5.92 Å². The molecule has 2 rings (SSSR count). The molecule has 0 spiro atoms. The van der Waals surface area contributed by atoms with Crippen LogP contribution in [0.4, 0.5) is 0 Å². The lowest BCUT2D eigenvalue weighted by Crippen LogP contribution is -2.33. The molecule has 21 heavy (non-hydrogen) atoms. The monoisotopic (exact) mass is 281 g/mol. The fraction of sp³-hybridized carbons (Fsp3) is 0.400. The van der Waals surface area contributed by atoms with Gasteiger partial charge < -0.3 is 0 Å². The lowest BCUT2D eigenvalue weighted by molar-refractivity contribution is 0.183. The Balaban J connectivity index is 2.25. The zero-order valence-corrected chi connectivity index (χ0v) is 13.5. The largest absolute Gasteiger partial charge is 0.296 e. The highest BCUT2D eigenvalue weighted by molar-refractivity contribution is 5.24. The van der Waals surface area contributed by atoms with Crippen molar-refractivity contribution in [1.29, 1.82) is 0 Å². The second-order valence-electron chi connectivity index (χ2n) is 6.10. The third kappa shape index (κ3) is 4.71. The Morgan fingerprint density at radius 3 is 1.95 bits per heavy atom. The van der Waals surface area contributed by atoms with Gasteiger partial charge in [0.05, 0.1) is 0 Å². The molecule has 0 N–H and O–H groups in total. The van der Waals surface area contributed by atoms with Gasteiger partial charge in [0.15, 0.2) is 0 Å². The minimum atomic E-state index is 0.459. The highest BCUT2D eigenvalue weighted by Crippen LogP contribution is 2.25. The third-order valence-electron chi connectivity index (χ3n) is 3.90. The molecule has 2 aromatic carbocycles. The summed E-state index contributed by atoms with van der Waals surface area (Å²) in [5.41, 5.74) is 2.83. The Hall–Kier alpha value is -1.60. The lowest BCUT2D eigenvalue weighted by atomic mass is 9.96. The molecule has 0 saturated carbocycles. The molecule has 0 fully saturated rings. The van der Waals surface area contributed by atoms with Gasteiger partial charge in [0.25, 0.3) is 0 Å². The molecular weight excluding hydrogens is 254 g/mol. The first-order valence-corrected chi connectivity index (χ1v) is 8.03. The van der Waals surface area contributed by atoms with Crippen LogP contribution in [0.5, 0.6) is 0 Å². The van der Waals surface area contributed by atoms with Crippen LogP contribution in [0, 0.1) is 5.92 Å². The topological polar surface area (TPSA) is 3.24 Å². The van der Waals surface area contributed by atoms with E-state index in [9.17, 15) is 0 Å². The number of nitrogens with zero attached hydrogens (tertiary/aromatic N) is 1. The molecule has 0 aliphatic rings. The first-order chi connectivity index (χ1) is 10.2. The summed E-state index contributed by atoms with van der Waals surface area (Å²) in [5.74, 6) is 0.687. The Morgan fingerprint density at radius 1 is 0.857 bits per heavy atom. The van der Waals surface area contributed by atoms with Gasteiger partial charge in [-0.3, -0.25) is 4.90 Å². The summed E-state index contributed by atoms with van der Waals surface area (Å²) in [4.78, 5) is 2.60. The van der Waals surface area contributed by atoms with Gasteiger partial charge in [-0.2, -0.15) is 0 Å². The number of hydrogen-bond donors (Lipinski definition) is 0. The van der Waals surface area contributed by atoms with Gasteiger partial charge in [-0.15, -0.1) is 0 Å². The van der Waals surface area contributed by atoms with E-state index in [0.29, 0.717) is 12.0 Å². The average Bonchev–Trinajstić information content (AvgIpc) is 2.52. The maximum atomic E-state index is 2.60. The van der Waals surface area contributed by atoms with Crippen molar-refractivity contribution in [3.05, 3.63) is 71.8 Å².